The number of nitrogens with zero attached hydrogens (tertiary/aromatic N) is 4. The Kier molecular flexibility index (Phi) is 23.1. The van der Waals surface area contributed by atoms with Crippen LogP contribution in [0.1, 0.15) is 57.6 Å². The van der Waals surface area contributed by atoms with E-state index in [2.05, 4.69) is 26.4 Å². The molecule has 0 saturated carbocycles. The molecule has 2 aromatic carbocycles. The van der Waals surface area contributed by atoms with E-state index in [9.17, 15) is 38.0 Å². The summed E-state index contributed by atoms with van der Waals surface area (Å²) in [5, 5.41) is 17.5. The van der Waals surface area contributed by atoms with Gasteiger partial charge in [0.25, 0.3) is 11.8 Å². The highest BCUT2D eigenvalue weighted by Crippen LogP contribution is 2.51. The third kappa shape index (κ3) is 17.3. The SMILES string of the molecule is CON(C)C(=O)N1N=C(c2cc(F)ccc2F)S[C@@]1(CCCNC(=O)[C@H](C)NC(=O)C(NC(=O)CCOCCOCCOCCOCCNC(=O)CCN1C(=O)C=CC1=O)C(C)C)c1ccccc1. The van der Waals surface area contributed by atoms with Crippen molar-refractivity contribution in [3.05, 3.63) is 83.4 Å². The van der Waals surface area contributed by atoms with Crippen molar-refractivity contribution in [3.8, 4) is 0 Å². The first-order valence-electron chi connectivity index (χ1n) is 22.5. The van der Waals surface area contributed by atoms with Crippen LogP contribution in [0.2, 0.25) is 0 Å². The summed E-state index contributed by atoms with van der Waals surface area (Å²) in [4.78, 5) is 92.8. The topological polar surface area (TPSA) is 236 Å². The number of hydrogen-bond acceptors (Lipinski definition) is 14. The number of hydroxylamine groups is 2. The fraction of sp³-hybridized carbons (Fsp3) is 0.522. The van der Waals surface area contributed by atoms with E-state index in [1.54, 1.807) is 44.2 Å². The number of rotatable bonds is 30. The minimum Gasteiger partial charge on any atom is -0.379 e. The summed E-state index contributed by atoms with van der Waals surface area (Å²) < 4.78 is 51.2. The second kappa shape index (κ2) is 28.6. The van der Waals surface area contributed by atoms with Gasteiger partial charge in [-0.25, -0.2) is 18.6 Å². The second-order valence-electron chi connectivity index (χ2n) is 15.9. The number of thioether (sulfide) groups is 1. The highest BCUT2D eigenvalue weighted by atomic mass is 32.2. The van der Waals surface area contributed by atoms with Crippen LogP contribution in [0.15, 0.2) is 65.8 Å². The summed E-state index contributed by atoms with van der Waals surface area (Å²) >= 11 is 1.08. The van der Waals surface area contributed by atoms with E-state index in [1.807, 2.05) is 0 Å². The second-order valence-corrected chi connectivity index (χ2v) is 17.2. The van der Waals surface area contributed by atoms with Gasteiger partial charge in [0.2, 0.25) is 23.6 Å². The van der Waals surface area contributed by atoms with Crippen LogP contribution in [0.25, 0.3) is 0 Å². The molecule has 2 heterocycles. The van der Waals surface area contributed by atoms with Crippen LogP contribution in [-0.2, 0) is 57.4 Å². The highest BCUT2D eigenvalue weighted by molar-refractivity contribution is 8.15. The van der Waals surface area contributed by atoms with E-state index in [1.165, 1.54) is 38.2 Å². The van der Waals surface area contributed by atoms with Gasteiger partial charge in [0, 0.05) is 57.2 Å². The van der Waals surface area contributed by atoms with E-state index in [0.29, 0.717) is 32.0 Å². The molecule has 0 aliphatic carbocycles. The Hall–Kier alpha value is -5.85. The van der Waals surface area contributed by atoms with Gasteiger partial charge in [-0.3, -0.25) is 38.5 Å². The number of imide groups is 1. The number of urea groups is 1. The maximum Gasteiger partial charge on any atom is 0.365 e. The van der Waals surface area contributed by atoms with Gasteiger partial charge in [0.1, 0.15) is 33.6 Å². The van der Waals surface area contributed by atoms with Crippen molar-refractivity contribution in [1.82, 2.24) is 36.2 Å². The van der Waals surface area contributed by atoms with Gasteiger partial charge in [0.15, 0.2) is 0 Å². The fourth-order valence-electron chi connectivity index (χ4n) is 6.74. The first-order valence-corrected chi connectivity index (χ1v) is 23.3. The maximum absolute atomic E-state index is 15.0. The molecule has 23 heteroatoms. The van der Waals surface area contributed by atoms with Crippen LogP contribution in [-0.4, -0.2) is 160 Å². The Labute approximate surface area is 404 Å². The van der Waals surface area contributed by atoms with Gasteiger partial charge in [-0.15, -0.1) is 0 Å². The van der Waals surface area contributed by atoms with Crippen LogP contribution >= 0.6 is 11.8 Å². The van der Waals surface area contributed by atoms with Gasteiger partial charge in [-0.2, -0.15) is 10.1 Å². The van der Waals surface area contributed by atoms with Gasteiger partial charge in [-0.1, -0.05) is 55.9 Å². The van der Waals surface area contributed by atoms with Crippen molar-refractivity contribution in [2.75, 3.05) is 86.6 Å². The lowest BCUT2D eigenvalue weighted by molar-refractivity contribution is -0.137. The Morgan fingerprint density at radius 3 is 2.01 bits per heavy atom. The Bertz CT molecular complexity index is 2120. The number of halogens is 2. The van der Waals surface area contributed by atoms with Crippen LogP contribution in [0, 0.1) is 17.6 Å². The molecule has 8 amide bonds. The normalized spacial score (nSPS) is 16.4. The van der Waals surface area contributed by atoms with Crippen LogP contribution in [0.4, 0.5) is 13.6 Å². The standard InChI is InChI=1S/C46H62F2N8O12S/c1-31(2)41(52-38(58)17-22-65-24-26-67-28-29-68-27-25-66-23-20-49-37(57)16-21-55-39(59)14-15-40(55)60)43(62)51-32(3)42(61)50-19-9-18-46(33-10-7-6-8-11-33)56(45(63)54(4)64-5)53-44(69-46)35-30-34(47)12-13-36(35)48/h6-8,10-15,30-32,41H,9,16-29H2,1-5H3,(H,49,57)(H,50,61)(H,51,62)(H,52,58)/t32-,41?,46-/m0/s1. The zero-order valence-electron chi connectivity index (χ0n) is 39.5. The first kappa shape index (κ1) is 55.7. The predicted octanol–water partition coefficient (Wildman–Crippen LogP) is 2.57. The lowest BCUT2D eigenvalue weighted by Crippen LogP contribution is -2.54. The minimum absolute atomic E-state index is 0.00538. The van der Waals surface area contributed by atoms with Crippen molar-refractivity contribution in [2.24, 2.45) is 11.0 Å². The van der Waals surface area contributed by atoms with E-state index in [-0.39, 0.29) is 94.2 Å². The van der Waals surface area contributed by atoms with E-state index < -0.39 is 64.2 Å². The fourth-order valence-corrected chi connectivity index (χ4v) is 8.15. The third-order valence-corrected chi connectivity index (χ3v) is 12.0. The van der Waals surface area contributed by atoms with Gasteiger partial charge < -0.3 is 40.2 Å². The van der Waals surface area contributed by atoms with Crippen LogP contribution in [0.3, 0.4) is 0 Å². The zero-order valence-corrected chi connectivity index (χ0v) is 40.3. The molecule has 0 fully saturated rings. The lowest BCUT2D eigenvalue weighted by atomic mass is 10.0. The van der Waals surface area contributed by atoms with Gasteiger partial charge >= 0.3 is 6.03 Å². The number of hydrazone groups is 1. The summed E-state index contributed by atoms with van der Waals surface area (Å²) in [5.74, 6) is -4.34. The Balaban J connectivity index is 1.10. The van der Waals surface area contributed by atoms with Crippen LogP contribution < -0.4 is 21.3 Å². The van der Waals surface area contributed by atoms with E-state index in [0.717, 1.165) is 39.9 Å². The molecule has 20 nitrogen and oxygen atoms in total. The average molecular weight is 989 g/mol. The van der Waals surface area contributed by atoms with Crippen molar-refractivity contribution in [1.29, 1.82) is 0 Å². The number of ether oxygens (including phenoxy) is 4. The number of benzene rings is 2. The molecule has 3 atom stereocenters. The van der Waals surface area contributed by atoms with Crippen molar-refractivity contribution in [3.63, 3.8) is 0 Å². The lowest BCUT2D eigenvalue weighted by Gasteiger charge is -2.37. The quantitative estimate of drug-likeness (QED) is 0.0501. The molecule has 2 aromatic rings. The first-order chi connectivity index (χ1) is 33.1. The summed E-state index contributed by atoms with van der Waals surface area (Å²) in [6.07, 6.45) is 2.81. The predicted molar refractivity (Wildman–Crippen MR) is 249 cm³/mol. The Morgan fingerprint density at radius 2 is 1.39 bits per heavy atom. The maximum atomic E-state index is 15.0. The minimum atomic E-state index is -1.25. The number of amides is 8. The Morgan fingerprint density at radius 1 is 0.768 bits per heavy atom. The van der Waals surface area contributed by atoms with Crippen molar-refractivity contribution in [2.45, 2.75) is 63.4 Å². The van der Waals surface area contributed by atoms with Crippen molar-refractivity contribution >= 4 is 58.3 Å². The summed E-state index contributed by atoms with van der Waals surface area (Å²) in [6.45, 7) is 7.51. The van der Waals surface area contributed by atoms with Crippen LogP contribution in [0.5, 0.6) is 0 Å². The molecule has 4 rings (SSSR count). The molecule has 0 spiro atoms. The zero-order chi connectivity index (χ0) is 50.3. The molecule has 0 bridgehead atoms. The molecule has 0 aromatic heterocycles. The van der Waals surface area contributed by atoms with Crippen molar-refractivity contribution < 1.29 is 66.1 Å². The molecule has 378 valence electrons. The van der Waals surface area contributed by atoms with E-state index in [4.69, 9.17) is 23.8 Å². The summed E-state index contributed by atoms with van der Waals surface area (Å²) in [6, 6.07) is 9.33. The molecule has 2 aliphatic heterocycles. The molecule has 4 N–H and O–H groups in total. The molecule has 69 heavy (non-hydrogen) atoms. The van der Waals surface area contributed by atoms with Gasteiger partial charge in [-0.05, 0) is 49.4 Å². The average Bonchev–Trinajstić information content (AvgIpc) is 3.88. The highest BCUT2D eigenvalue weighted by Gasteiger charge is 2.50. The molecule has 2 aliphatic rings. The van der Waals surface area contributed by atoms with Gasteiger partial charge in [0.05, 0.1) is 60.0 Å². The number of carbonyl (C=O) groups is 7. The number of hydrogen-bond donors (Lipinski definition) is 4. The smallest absolute Gasteiger partial charge is 0.365 e. The monoisotopic (exact) mass is 988 g/mol. The largest absolute Gasteiger partial charge is 0.379 e. The molecule has 0 saturated heterocycles. The third-order valence-electron chi connectivity index (χ3n) is 10.5. The van der Waals surface area contributed by atoms with E-state index >= 15 is 4.39 Å². The summed E-state index contributed by atoms with van der Waals surface area (Å²) in [7, 11) is 2.70. The number of nitrogens with one attached hydrogen (secondary N) is 4. The molecular formula is C46H62F2N8O12S. The molecular weight excluding hydrogens is 927 g/mol. The molecule has 0 radical (unpaired) electrons. The number of carbonyl (C=O) groups excluding carboxylic acids is 7. The molecule has 1 unspecified atom stereocenters. The summed E-state index contributed by atoms with van der Waals surface area (Å²) in [5.41, 5.74) is 0.520.